The lowest BCUT2D eigenvalue weighted by Gasteiger charge is -2.14. The normalized spacial score (nSPS) is 9.35. The summed E-state index contributed by atoms with van der Waals surface area (Å²) >= 11 is 6.02. The molecule has 0 aliphatic heterocycles. The number of hydrogen-bond acceptors (Lipinski definition) is 4. The molecule has 4 nitrogen and oxygen atoms in total. The number of terminal acetylenes is 1. The lowest BCUT2D eigenvalue weighted by molar-refractivity contribution is 0.105. The molecular weight excluding hydrogens is 244 g/mol. The van der Waals surface area contributed by atoms with Crippen molar-refractivity contribution >= 4 is 17.4 Å². The summed E-state index contributed by atoms with van der Waals surface area (Å²) in [5, 5.41) is 0.105. The summed E-state index contributed by atoms with van der Waals surface area (Å²) in [4.78, 5) is 11.5. The Labute approximate surface area is 104 Å². The predicted molar refractivity (Wildman–Crippen MR) is 64.3 cm³/mol. The van der Waals surface area contributed by atoms with Gasteiger partial charge in [-0.3, -0.25) is 4.79 Å². The molecule has 0 spiro atoms. The minimum absolute atomic E-state index is 0.105. The van der Waals surface area contributed by atoms with Crippen molar-refractivity contribution in [3.8, 4) is 29.6 Å². The molecule has 1 aromatic rings. The van der Waals surface area contributed by atoms with Gasteiger partial charge in [0, 0.05) is 0 Å². The highest BCUT2D eigenvalue weighted by molar-refractivity contribution is 6.36. The summed E-state index contributed by atoms with van der Waals surface area (Å²) in [6, 6.07) is 1.42. The Bertz CT molecular complexity index is 488. The number of ketones is 1. The van der Waals surface area contributed by atoms with Crippen molar-refractivity contribution < 1.29 is 19.0 Å². The van der Waals surface area contributed by atoms with Crippen LogP contribution in [0.5, 0.6) is 17.2 Å². The van der Waals surface area contributed by atoms with Crippen LogP contribution in [0, 0.1) is 12.3 Å². The first-order valence-electron chi connectivity index (χ1n) is 4.60. The van der Waals surface area contributed by atoms with E-state index in [-0.39, 0.29) is 16.3 Å². The summed E-state index contributed by atoms with van der Waals surface area (Å²) in [6.45, 7) is 0. The van der Waals surface area contributed by atoms with Gasteiger partial charge in [-0.25, -0.2) is 0 Å². The molecule has 0 heterocycles. The first-order valence-corrected chi connectivity index (χ1v) is 4.97. The van der Waals surface area contributed by atoms with E-state index in [2.05, 4.69) is 0 Å². The molecule has 0 radical (unpaired) electrons. The summed E-state index contributed by atoms with van der Waals surface area (Å²) in [7, 11) is 4.29. The Morgan fingerprint density at radius 1 is 1.24 bits per heavy atom. The first kappa shape index (κ1) is 13.2. The lowest BCUT2D eigenvalue weighted by atomic mass is 10.1. The van der Waals surface area contributed by atoms with E-state index in [0.29, 0.717) is 11.5 Å². The third kappa shape index (κ3) is 2.29. The largest absolute Gasteiger partial charge is 0.493 e. The number of rotatable bonds is 4. The second kappa shape index (κ2) is 5.46. The summed E-state index contributed by atoms with van der Waals surface area (Å²) in [6.07, 6.45) is 5.06. The average molecular weight is 255 g/mol. The Balaban J connectivity index is 3.57. The zero-order valence-corrected chi connectivity index (χ0v) is 10.4. The molecule has 0 bridgehead atoms. The fraction of sp³-hybridized carbons (Fsp3) is 0.250. The molecule has 0 aliphatic rings. The quantitative estimate of drug-likeness (QED) is 0.469. The third-order valence-corrected chi connectivity index (χ3v) is 2.52. The van der Waals surface area contributed by atoms with E-state index < -0.39 is 5.78 Å². The van der Waals surface area contributed by atoms with Crippen LogP contribution in [-0.4, -0.2) is 27.1 Å². The Hall–Kier alpha value is -1.86. The van der Waals surface area contributed by atoms with Gasteiger partial charge in [0.05, 0.1) is 31.9 Å². The fourth-order valence-electron chi connectivity index (χ4n) is 1.36. The van der Waals surface area contributed by atoms with Gasteiger partial charge in [0.2, 0.25) is 11.5 Å². The van der Waals surface area contributed by atoms with E-state index >= 15 is 0 Å². The van der Waals surface area contributed by atoms with Crippen LogP contribution in [0.25, 0.3) is 0 Å². The molecule has 5 heteroatoms. The highest BCUT2D eigenvalue weighted by atomic mass is 35.5. The van der Waals surface area contributed by atoms with Gasteiger partial charge in [-0.1, -0.05) is 11.6 Å². The van der Waals surface area contributed by atoms with E-state index in [0.717, 1.165) is 0 Å². The number of ether oxygens (including phenoxy) is 3. The molecule has 0 aliphatic carbocycles. The van der Waals surface area contributed by atoms with Gasteiger partial charge < -0.3 is 14.2 Å². The number of carbonyl (C=O) groups is 1. The molecule has 1 rings (SSSR count). The molecule has 0 fully saturated rings. The van der Waals surface area contributed by atoms with Crippen molar-refractivity contribution in [3.63, 3.8) is 0 Å². The van der Waals surface area contributed by atoms with Crippen molar-refractivity contribution in [2.75, 3.05) is 21.3 Å². The average Bonchev–Trinajstić information content (AvgIpc) is 2.36. The number of hydrogen-bond donors (Lipinski definition) is 0. The molecule has 0 amide bonds. The van der Waals surface area contributed by atoms with Crippen LogP contribution in [0.4, 0.5) is 0 Å². The minimum atomic E-state index is -0.547. The summed E-state index contributed by atoms with van der Waals surface area (Å²) < 4.78 is 15.3. The lowest BCUT2D eigenvalue weighted by Crippen LogP contribution is -2.02. The first-order chi connectivity index (χ1) is 8.10. The molecule has 0 unspecified atom stereocenters. The molecule has 0 atom stereocenters. The van der Waals surface area contributed by atoms with Crippen LogP contribution in [0.15, 0.2) is 6.07 Å². The molecule has 0 saturated heterocycles. The number of Topliss-reactive ketones (excluding diaryl/α,β-unsaturated/α-hetero) is 1. The number of carbonyl (C=O) groups excluding carboxylic acids is 1. The van der Waals surface area contributed by atoms with Gasteiger partial charge in [-0.15, -0.1) is 6.42 Å². The molecule has 0 aromatic heterocycles. The fourth-order valence-corrected chi connectivity index (χ4v) is 1.67. The van der Waals surface area contributed by atoms with Crippen LogP contribution in [0.1, 0.15) is 10.4 Å². The van der Waals surface area contributed by atoms with E-state index in [9.17, 15) is 4.79 Å². The van der Waals surface area contributed by atoms with E-state index in [1.807, 2.05) is 5.92 Å². The Kier molecular flexibility index (Phi) is 4.24. The molecule has 0 saturated carbocycles. The van der Waals surface area contributed by atoms with Crippen molar-refractivity contribution in [2.45, 2.75) is 0 Å². The maximum atomic E-state index is 11.5. The highest BCUT2D eigenvalue weighted by Gasteiger charge is 2.22. The number of methoxy groups -OCH3 is 3. The number of benzene rings is 1. The standard InChI is InChI=1S/C12H11ClO4/c1-5-8(14)7-6-9(15-2)11(16-3)12(17-4)10(7)13/h1,6H,2-4H3. The van der Waals surface area contributed by atoms with Crippen molar-refractivity contribution in [2.24, 2.45) is 0 Å². The number of halogens is 1. The monoisotopic (exact) mass is 254 g/mol. The van der Waals surface area contributed by atoms with E-state index in [4.69, 9.17) is 32.2 Å². The van der Waals surface area contributed by atoms with Crippen molar-refractivity contribution in [1.82, 2.24) is 0 Å². The van der Waals surface area contributed by atoms with Gasteiger partial charge in [-0.2, -0.15) is 0 Å². The molecule has 1 aromatic carbocycles. The maximum absolute atomic E-state index is 11.5. The van der Waals surface area contributed by atoms with E-state index in [1.165, 1.54) is 27.4 Å². The Morgan fingerprint density at radius 2 is 1.82 bits per heavy atom. The van der Waals surface area contributed by atoms with Gasteiger partial charge in [0.25, 0.3) is 0 Å². The van der Waals surface area contributed by atoms with Gasteiger partial charge in [0.1, 0.15) is 0 Å². The third-order valence-electron chi connectivity index (χ3n) is 2.15. The second-order valence-electron chi connectivity index (χ2n) is 2.98. The minimum Gasteiger partial charge on any atom is -0.493 e. The van der Waals surface area contributed by atoms with Crippen molar-refractivity contribution in [1.29, 1.82) is 0 Å². The molecule has 0 N–H and O–H groups in total. The van der Waals surface area contributed by atoms with E-state index in [1.54, 1.807) is 0 Å². The molecule has 90 valence electrons. The zero-order valence-electron chi connectivity index (χ0n) is 9.67. The van der Waals surface area contributed by atoms with Gasteiger partial charge in [0.15, 0.2) is 11.5 Å². The highest BCUT2D eigenvalue weighted by Crippen LogP contribution is 2.44. The molecule has 17 heavy (non-hydrogen) atoms. The topological polar surface area (TPSA) is 44.8 Å². The Morgan fingerprint density at radius 3 is 2.24 bits per heavy atom. The maximum Gasteiger partial charge on any atom is 0.237 e. The van der Waals surface area contributed by atoms with Crippen LogP contribution in [-0.2, 0) is 0 Å². The van der Waals surface area contributed by atoms with Crippen LogP contribution < -0.4 is 14.2 Å². The molecular formula is C12H11ClO4. The summed E-state index contributed by atoms with van der Waals surface area (Å²) in [5.41, 5.74) is 0.142. The SMILES string of the molecule is C#CC(=O)c1cc(OC)c(OC)c(OC)c1Cl. The zero-order chi connectivity index (χ0) is 13.0. The second-order valence-corrected chi connectivity index (χ2v) is 3.36. The van der Waals surface area contributed by atoms with Crippen LogP contribution in [0.3, 0.4) is 0 Å². The van der Waals surface area contributed by atoms with Crippen LogP contribution in [0.2, 0.25) is 5.02 Å². The summed E-state index contributed by atoms with van der Waals surface area (Å²) in [5.74, 6) is 2.29. The van der Waals surface area contributed by atoms with Gasteiger partial charge >= 0.3 is 0 Å². The van der Waals surface area contributed by atoms with Gasteiger partial charge in [-0.05, 0) is 12.0 Å². The van der Waals surface area contributed by atoms with Crippen molar-refractivity contribution in [3.05, 3.63) is 16.7 Å². The van der Waals surface area contributed by atoms with Crippen LogP contribution >= 0.6 is 11.6 Å². The predicted octanol–water partition coefficient (Wildman–Crippen LogP) is 2.18. The smallest absolute Gasteiger partial charge is 0.237 e.